The Hall–Kier alpha value is -4.37. The third kappa shape index (κ3) is 4.09. The van der Waals surface area contributed by atoms with Crippen LogP contribution in [0.1, 0.15) is 21.7 Å². The maximum atomic E-state index is 13.1. The summed E-state index contributed by atoms with van der Waals surface area (Å²) in [6.45, 7) is 0. The Labute approximate surface area is 187 Å². The topological polar surface area (TPSA) is 48.6 Å². The van der Waals surface area contributed by atoms with Crippen LogP contribution in [0.4, 0.5) is 0 Å². The summed E-state index contributed by atoms with van der Waals surface area (Å²) in [5.41, 5.74) is 7.47. The van der Waals surface area contributed by atoms with E-state index in [1.54, 1.807) is 6.08 Å². The predicted molar refractivity (Wildman–Crippen MR) is 130 cm³/mol. The van der Waals surface area contributed by atoms with Gasteiger partial charge < -0.3 is 9.97 Å². The van der Waals surface area contributed by atoms with Gasteiger partial charge in [0.1, 0.15) is 0 Å². The first-order valence-corrected chi connectivity index (χ1v) is 10.6. The summed E-state index contributed by atoms with van der Waals surface area (Å²) in [6, 6.07) is 37.8. The zero-order valence-electron chi connectivity index (χ0n) is 17.5. The molecule has 0 fully saturated rings. The van der Waals surface area contributed by atoms with E-state index in [1.807, 2.05) is 91.0 Å². The normalized spacial score (nSPS) is 10.6. The van der Waals surface area contributed by atoms with Crippen LogP contribution >= 0.6 is 0 Å². The predicted octanol–water partition coefficient (Wildman–Crippen LogP) is 6.99. The summed E-state index contributed by atoms with van der Waals surface area (Å²) in [5.74, 6) is -0.0349. The average Bonchev–Trinajstić information content (AvgIpc) is 3.55. The quantitative estimate of drug-likeness (QED) is 0.228. The van der Waals surface area contributed by atoms with Crippen molar-refractivity contribution < 1.29 is 4.79 Å². The molecule has 5 aromatic rings. The van der Waals surface area contributed by atoms with E-state index in [2.05, 4.69) is 34.2 Å². The number of carbonyl (C=O) groups excluding carboxylic acids is 1. The first kappa shape index (κ1) is 19.6. The van der Waals surface area contributed by atoms with Gasteiger partial charge in [0, 0.05) is 33.9 Å². The maximum Gasteiger partial charge on any atom is 0.186 e. The Kier molecular flexibility index (Phi) is 5.38. The summed E-state index contributed by atoms with van der Waals surface area (Å²) in [7, 11) is 0. The number of carbonyl (C=O) groups is 1. The SMILES string of the molecule is O=C(C=C(c1ccc(-c2ccccc2)[nH]1)c1ccc(-c2ccccc2)[nH]1)c1ccccc1. The van der Waals surface area contributed by atoms with Gasteiger partial charge in [0.25, 0.3) is 0 Å². The minimum absolute atomic E-state index is 0.0349. The Balaban J connectivity index is 1.57. The molecule has 2 heterocycles. The second-order valence-corrected chi connectivity index (χ2v) is 7.59. The standard InChI is InChI=1S/C29H22N2O/c32-29(23-14-8-3-9-15-23)20-24(27-18-16-25(30-27)21-10-4-1-5-11-21)28-19-17-26(31-28)22-12-6-2-7-13-22/h1-20,30-31H. The summed E-state index contributed by atoms with van der Waals surface area (Å²) in [5, 5.41) is 0. The van der Waals surface area contributed by atoms with Crippen molar-refractivity contribution in [3.63, 3.8) is 0 Å². The number of allylic oxidation sites excluding steroid dienone is 1. The highest BCUT2D eigenvalue weighted by Gasteiger charge is 2.14. The summed E-state index contributed by atoms with van der Waals surface area (Å²) in [4.78, 5) is 20.0. The van der Waals surface area contributed by atoms with Gasteiger partial charge in [-0.25, -0.2) is 0 Å². The van der Waals surface area contributed by atoms with Gasteiger partial charge in [0.05, 0.1) is 0 Å². The van der Waals surface area contributed by atoms with E-state index in [0.29, 0.717) is 5.56 Å². The van der Waals surface area contributed by atoms with Crippen LogP contribution in [0.15, 0.2) is 121 Å². The average molecular weight is 415 g/mol. The molecule has 0 bridgehead atoms. The molecule has 3 nitrogen and oxygen atoms in total. The lowest BCUT2D eigenvalue weighted by atomic mass is 10.0. The maximum absolute atomic E-state index is 13.1. The molecular formula is C29H22N2O. The molecule has 3 heteroatoms. The van der Waals surface area contributed by atoms with Crippen LogP contribution in [0.3, 0.4) is 0 Å². The molecule has 2 aromatic heterocycles. The number of H-pyrrole nitrogens is 2. The van der Waals surface area contributed by atoms with Crippen molar-refractivity contribution >= 4 is 11.4 Å². The van der Waals surface area contributed by atoms with Crippen LogP contribution in [-0.4, -0.2) is 15.8 Å². The van der Waals surface area contributed by atoms with E-state index in [9.17, 15) is 4.79 Å². The second kappa shape index (κ2) is 8.78. The molecule has 154 valence electrons. The van der Waals surface area contributed by atoms with Crippen molar-refractivity contribution in [2.45, 2.75) is 0 Å². The van der Waals surface area contributed by atoms with E-state index < -0.39 is 0 Å². The summed E-state index contributed by atoms with van der Waals surface area (Å²) >= 11 is 0. The minimum atomic E-state index is -0.0349. The van der Waals surface area contributed by atoms with Crippen LogP contribution in [0.2, 0.25) is 0 Å². The van der Waals surface area contributed by atoms with E-state index in [4.69, 9.17) is 0 Å². The minimum Gasteiger partial charge on any atom is -0.354 e. The highest BCUT2D eigenvalue weighted by molar-refractivity contribution is 6.10. The zero-order valence-corrected chi connectivity index (χ0v) is 17.5. The third-order valence-electron chi connectivity index (χ3n) is 5.46. The number of benzene rings is 3. The van der Waals surface area contributed by atoms with E-state index in [-0.39, 0.29) is 5.78 Å². The molecule has 0 aliphatic carbocycles. The Morgan fingerprint density at radius 2 is 0.969 bits per heavy atom. The molecule has 5 rings (SSSR count). The molecule has 0 aliphatic rings. The molecule has 0 aliphatic heterocycles. The first-order chi connectivity index (χ1) is 15.8. The van der Waals surface area contributed by atoms with Gasteiger partial charge in [0.15, 0.2) is 5.78 Å². The van der Waals surface area contributed by atoms with Crippen molar-refractivity contribution in [2.75, 3.05) is 0 Å². The Morgan fingerprint density at radius 1 is 0.531 bits per heavy atom. The molecule has 0 saturated carbocycles. The smallest absolute Gasteiger partial charge is 0.186 e. The fourth-order valence-electron chi connectivity index (χ4n) is 3.79. The van der Waals surface area contributed by atoms with Crippen LogP contribution in [0.25, 0.3) is 28.1 Å². The number of nitrogens with one attached hydrogen (secondary N) is 2. The lowest BCUT2D eigenvalue weighted by Crippen LogP contribution is -1.98. The van der Waals surface area contributed by atoms with Crippen LogP contribution < -0.4 is 0 Å². The highest BCUT2D eigenvalue weighted by atomic mass is 16.1. The molecule has 32 heavy (non-hydrogen) atoms. The number of aromatic nitrogens is 2. The van der Waals surface area contributed by atoms with E-state index in [0.717, 1.165) is 39.5 Å². The zero-order chi connectivity index (χ0) is 21.8. The molecule has 2 N–H and O–H groups in total. The van der Waals surface area contributed by atoms with Crippen molar-refractivity contribution in [3.8, 4) is 22.5 Å². The molecular weight excluding hydrogens is 392 g/mol. The fourth-order valence-corrected chi connectivity index (χ4v) is 3.79. The molecule has 0 saturated heterocycles. The number of ketones is 1. The second-order valence-electron chi connectivity index (χ2n) is 7.59. The van der Waals surface area contributed by atoms with Crippen molar-refractivity contribution in [2.24, 2.45) is 0 Å². The lowest BCUT2D eigenvalue weighted by molar-refractivity contribution is 0.104. The first-order valence-electron chi connectivity index (χ1n) is 10.6. The van der Waals surface area contributed by atoms with Gasteiger partial charge in [-0.05, 0) is 41.5 Å². The Morgan fingerprint density at radius 3 is 1.44 bits per heavy atom. The summed E-state index contributed by atoms with van der Waals surface area (Å²) < 4.78 is 0. The van der Waals surface area contributed by atoms with Crippen LogP contribution in [0, 0.1) is 0 Å². The van der Waals surface area contributed by atoms with Gasteiger partial charge in [-0.3, -0.25) is 4.79 Å². The van der Waals surface area contributed by atoms with Gasteiger partial charge in [-0.15, -0.1) is 0 Å². The van der Waals surface area contributed by atoms with E-state index >= 15 is 0 Å². The molecule has 0 atom stereocenters. The van der Waals surface area contributed by atoms with Crippen molar-refractivity contribution in [1.82, 2.24) is 9.97 Å². The van der Waals surface area contributed by atoms with Crippen LogP contribution in [-0.2, 0) is 0 Å². The number of rotatable bonds is 6. The molecule has 0 unspecified atom stereocenters. The lowest BCUT2D eigenvalue weighted by Gasteiger charge is -2.06. The van der Waals surface area contributed by atoms with Gasteiger partial charge >= 0.3 is 0 Å². The van der Waals surface area contributed by atoms with Gasteiger partial charge in [-0.1, -0.05) is 91.0 Å². The van der Waals surface area contributed by atoms with Crippen molar-refractivity contribution in [3.05, 3.63) is 138 Å². The molecule has 3 aromatic carbocycles. The van der Waals surface area contributed by atoms with Crippen molar-refractivity contribution in [1.29, 1.82) is 0 Å². The number of hydrogen-bond acceptors (Lipinski definition) is 1. The monoisotopic (exact) mass is 414 g/mol. The third-order valence-corrected chi connectivity index (χ3v) is 5.46. The van der Waals surface area contributed by atoms with Gasteiger partial charge in [-0.2, -0.15) is 0 Å². The van der Waals surface area contributed by atoms with Gasteiger partial charge in [0.2, 0.25) is 0 Å². The largest absolute Gasteiger partial charge is 0.354 e. The number of hydrogen-bond donors (Lipinski definition) is 2. The number of aromatic amines is 2. The highest BCUT2D eigenvalue weighted by Crippen LogP contribution is 2.29. The molecule has 0 amide bonds. The summed E-state index contributed by atoms with van der Waals surface area (Å²) in [6.07, 6.45) is 1.70. The fraction of sp³-hybridized carbons (Fsp3) is 0. The van der Waals surface area contributed by atoms with Crippen LogP contribution in [0.5, 0.6) is 0 Å². The Bertz CT molecular complexity index is 1280. The molecule has 0 spiro atoms. The molecule has 0 radical (unpaired) electrons. The van der Waals surface area contributed by atoms with E-state index in [1.165, 1.54) is 0 Å².